The van der Waals surface area contributed by atoms with Crippen molar-refractivity contribution in [2.24, 2.45) is 7.05 Å². The summed E-state index contributed by atoms with van der Waals surface area (Å²) in [5, 5.41) is 2.14. The van der Waals surface area contributed by atoms with E-state index in [9.17, 15) is 14.2 Å². The van der Waals surface area contributed by atoms with E-state index in [0.717, 1.165) is 0 Å². The Balaban J connectivity index is 2.43. The third-order valence-electron chi connectivity index (χ3n) is 3.03. The highest BCUT2D eigenvalue weighted by atomic mass is 31.2. The molecule has 8 nitrogen and oxygen atoms in total. The van der Waals surface area contributed by atoms with Crippen LogP contribution in [0.2, 0.25) is 0 Å². The number of para-hydroxylation sites is 2. The Hall–Kier alpha value is -2.02. The average molecular weight is 339 g/mol. The molecule has 0 spiro atoms. The zero-order valence-corrected chi connectivity index (χ0v) is 14.0. The van der Waals surface area contributed by atoms with Crippen LogP contribution in [0.25, 0.3) is 11.0 Å². The highest BCUT2D eigenvalue weighted by Crippen LogP contribution is 2.43. The van der Waals surface area contributed by atoms with E-state index in [1.807, 2.05) is 0 Å². The van der Waals surface area contributed by atoms with Crippen LogP contribution in [0.3, 0.4) is 0 Å². The van der Waals surface area contributed by atoms with Crippen molar-refractivity contribution in [2.45, 2.75) is 13.8 Å². The van der Waals surface area contributed by atoms with E-state index in [2.05, 4.69) is 10.1 Å². The van der Waals surface area contributed by atoms with Gasteiger partial charge in [0.1, 0.15) is 0 Å². The van der Waals surface area contributed by atoms with E-state index in [4.69, 9.17) is 9.05 Å². The van der Waals surface area contributed by atoms with Gasteiger partial charge >= 0.3 is 7.75 Å². The Kier molecular flexibility index (Phi) is 5.30. The zero-order chi connectivity index (χ0) is 17.0. The molecule has 0 atom stereocenters. The Bertz CT molecular complexity index is 823. The summed E-state index contributed by atoms with van der Waals surface area (Å²) in [5.74, 6) is -0.901. The average Bonchev–Trinajstić information content (AvgIpc) is 2.51. The van der Waals surface area contributed by atoms with Gasteiger partial charge in [-0.05, 0) is 26.0 Å². The molecule has 2 aromatic rings. The number of nitrogens with one attached hydrogen (secondary N) is 1. The van der Waals surface area contributed by atoms with Crippen molar-refractivity contribution in [1.82, 2.24) is 14.6 Å². The summed E-state index contributed by atoms with van der Waals surface area (Å²) in [6, 6.07) is 6.90. The molecule has 0 aliphatic rings. The lowest BCUT2D eigenvalue weighted by Gasteiger charge is -2.17. The molecule has 0 aliphatic heterocycles. The number of rotatable bonds is 6. The first-order chi connectivity index (χ1) is 10.9. The number of hydrogen-bond acceptors (Lipinski definition) is 6. The Morgan fingerprint density at radius 2 is 1.87 bits per heavy atom. The highest BCUT2D eigenvalue weighted by molar-refractivity contribution is 7.52. The molecule has 0 saturated heterocycles. The van der Waals surface area contributed by atoms with Crippen molar-refractivity contribution in [3.05, 3.63) is 40.3 Å². The van der Waals surface area contributed by atoms with Crippen LogP contribution in [0, 0.1) is 0 Å². The predicted molar refractivity (Wildman–Crippen MR) is 85.3 cm³/mol. The third-order valence-corrected chi connectivity index (χ3v) is 4.71. The largest absolute Gasteiger partial charge is 0.435 e. The van der Waals surface area contributed by atoms with Gasteiger partial charge in [0.05, 0.1) is 24.2 Å². The number of carbonyl (C=O) groups is 1. The van der Waals surface area contributed by atoms with Gasteiger partial charge in [-0.15, -0.1) is 0 Å². The number of aryl methyl sites for hydroxylation is 1. The third kappa shape index (κ3) is 3.67. The molecular weight excluding hydrogens is 321 g/mol. The fraction of sp³-hybridized carbons (Fsp3) is 0.357. The molecular formula is C14H18N3O5P. The van der Waals surface area contributed by atoms with E-state index >= 15 is 0 Å². The maximum atomic E-state index is 12.3. The van der Waals surface area contributed by atoms with Crippen molar-refractivity contribution in [3.8, 4) is 0 Å². The summed E-state index contributed by atoms with van der Waals surface area (Å²) in [6.45, 7) is 3.40. The smallest absolute Gasteiger partial charge is 0.308 e. The molecule has 1 aromatic heterocycles. The van der Waals surface area contributed by atoms with Crippen molar-refractivity contribution < 1.29 is 18.4 Å². The van der Waals surface area contributed by atoms with Crippen LogP contribution < -0.4 is 10.6 Å². The fourth-order valence-corrected chi connectivity index (χ4v) is 3.28. The van der Waals surface area contributed by atoms with Gasteiger partial charge in [-0.1, -0.05) is 12.1 Å². The summed E-state index contributed by atoms with van der Waals surface area (Å²) < 4.78 is 23.6. The van der Waals surface area contributed by atoms with E-state index in [0.29, 0.717) is 11.0 Å². The summed E-state index contributed by atoms with van der Waals surface area (Å²) in [7, 11) is -2.29. The molecule has 0 saturated carbocycles. The summed E-state index contributed by atoms with van der Waals surface area (Å²) in [4.78, 5) is 28.7. The van der Waals surface area contributed by atoms with Gasteiger partial charge in [0.2, 0.25) is 0 Å². The van der Waals surface area contributed by atoms with Gasteiger partial charge in [-0.2, -0.15) is 0 Å². The molecule has 124 valence electrons. The minimum Gasteiger partial charge on any atom is -0.308 e. The van der Waals surface area contributed by atoms with E-state index in [1.54, 1.807) is 38.1 Å². The highest BCUT2D eigenvalue weighted by Gasteiger charge is 2.29. The minimum absolute atomic E-state index is 0.0840. The second-order valence-corrected chi connectivity index (χ2v) is 6.32. The molecule has 1 aromatic carbocycles. The summed E-state index contributed by atoms with van der Waals surface area (Å²) in [6.07, 6.45) is 0. The van der Waals surface area contributed by atoms with Crippen LogP contribution >= 0.6 is 7.75 Å². The SMILES string of the molecule is CCOP(=O)(NC(=O)c1nc2ccccc2n(C)c1=O)OCC. The summed E-state index contributed by atoms with van der Waals surface area (Å²) in [5.41, 5.74) is 0.0980. The van der Waals surface area contributed by atoms with Gasteiger partial charge in [0, 0.05) is 7.05 Å². The molecule has 9 heteroatoms. The Labute approximate surface area is 133 Å². The van der Waals surface area contributed by atoms with Gasteiger partial charge in [-0.3, -0.25) is 23.7 Å². The maximum Gasteiger partial charge on any atom is 0.435 e. The Morgan fingerprint density at radius 1 is 1.26 bits per heavy atom. The molecule has 0 bridgehead atoms. The Morgan fingerprint density at radius 3 is 2.48 bits per heavy atom. The predicted octanol–water partition coefficient (Wildman–Crippen LogP) is 1.84. The molecule has 0 fully saturated rings. The van der Waals surface area contributed by atoms with Crippen LogP contribution in [0.5, 0.6) is 0 Å². The van der Waals surface area contributed by atoms with Gasteiger partial charge < -0.3 is 4.57 Å². The number of fused-ring (bicyclic) bond motifs is 1. The second kappa shape index (κ2) is 7.04. The lowest BCUT2D eigenvalue weighted by molar-refractivity contribution is 0.0953. The topological polar surface area (TPSA) is 99.5 Å². The molecule has 23 heavy (non-hydrogen) atoms. The van der Waals surface area contributed by atoms with Crippen molar-refractivity contribution in [2.75, 3.05) is 13.2 Å². The summed E-state index contributed by atoms with van der Waals surface area (Å²) >= 11 is 0. The van der Waals surface area contributed by atoms with Crippen LogP contribution in [-0.2, 0) is 20.7 Å². The molecule has 0 unspecified atom stereocenters. The lowest BCUT2D eigenvalue weighted by atomic mass is 10.3. The standard InChI is InChI=1S/C14H18N3O5P/c1-4-21-23(20,22-5-2)16-13(18)12-14(19)17(3)11-9-7-6-8-10(11)15-12/h6-9H,4-5H2,1-3H3,(H,16,18,20). The van der Waals surface area contributed by atoms with Gasteiger partial charge in [0.25, 0.3) is 11.5 Å². The molecule has 1 N–H and O–H groups in total. The molecule has 1 amide bonds. The minimum atomic E-state index is -3.82. The first-order valence-corrected chi connectivity index (χ1v) is 8.63. The number of hydrogen-bond donors (Lipinski definition) is 1. The number of aromatic nitrogens is 2. The molecule has 2 rings (SSSR count). The van der Waals surface area contributed by atoms with Crippen LogP contribution in [0.4, 0.5) is 0 Å². The van der Waals surface area contributed by atoms with E-state index in [-0.39, 0.29) is 18.9 Å². The van der Waals surface area contributed by atoms with Crippen molar-refractivity contribution in [1.29, 1.82) is 0 Å². The maximum absolute atomic E-state index is 12.3. The van der Waals surface area contributed by atoms with Crippen LogP contribution in [0.15, 0.2) is 29.1 Å². The monoisotopic (exact) mass is 339 g/mol. The number of carbonyl (C=O) groups excluding carboxylic acids is 1. The van der Waals surface area contributed by atoms with Gasteiger partial charge in [0.15, 0.2) is 5.69 Å². The molecule has 1 heterocycles. The van der Waals surface area contributed by atoms with Crippen LogP contribution in [-0.4, -0.2) is 28.7 Å². The fourth-order valence-electron chi connectivity index (χ4n) is 2.05. The molecule has 0 aliphatic carbocycles. The zero-order valence-electron chi connectivity index (χ0n) is 13.1. The quantitative estimate of drug-likeness (QED) is 0.806. The lowest BCUT2D eigenvalue weighted by Crippen LogP contribution is -2.33. The van der Waals surface area contributed by atoms with Gasteiger partial charge in [-0.25, -0.2) is 9.55 Å². The normalized spacial score (nSPS) is 11.6. The first kappa shape index (κ1) is 17.3. The number of benzene rings is 1. The second-order valence-electron chi connectivity index (χ2n) is 4.59. The first-order valence-electron chi connectivity index (χ1n) is 7.09. The molecule has 0 radical (unpaired) electrons. The number of nitrogens with zero attached hydrogens (tertiary/aromatic N) is 2. The van der Waals surface area contributed by atoms with Crippen molar-refractivity contribution in [3.63, 3.8) is 0 Å². The van der Waals surface area contributed by atoms with Crippen molar-refractivity contribution >= 4 is 24.7 Å². The number of amides is 1. The van der Waals surface area contributed by atoms with Crippen LogP contribution in [0.1, 0.15) is 24.3 Å². The van der Waals surface area contributed by atoms with E-state index in [1.165, 1.54) is 11.6 Å². The van der Waals surface area contributed by atoms with E-state index < -0.39 is 19.2 Å².